The minimum absolute atomic E-state index is 0.424. The number of nitrogens with one attached hydrogen (secondary N) is 1. The van der Waals surface area contributed by atoms with Crippen LogP contribution in [0.5, 0.6) is 0 Å². The van der Waals surface area contributed by atoms with Crippen molar-refractivity contribution in [2.45, 2.75) is 121 Å². The smallest absolute Gasteiger partial charge is 0.0297 e. The first kappa shape index (κ1) is 27.8. The fraction of sp³-hybridized carbons (Fsp3) is 0.818. The summed E-state index contributed by atoms with van der Waals surface area (Å²) in [5.41, 5.74) is 2.86. The molecule has 8 atom stereocenters. The van der Waals surface area contributed by atoms with Gasteiger partial charge in [0.1, 0.15) is 0 Å². The summed E-state index contributed by atoms with van der Waals surface area (Å²) < 4.78 is 4.14. The van der Waals surface area contributed by atoms with Gasteiger partial charge in [-0.3, -0.25) is 4.72 Å². The van der Waals surface area contributed by atoms with Gasteiger partial charge in [0.2, 0.25) is 0 Å². The van der Waals surface area contributed by atoms with E-state index in [4.69, 9.17) is 0 Å². The summed E-state index contributed by atoms with van der Waals surface area (Å²) in [6, 6.07) is 0. The SMILES string of the molecule is CC[C@H]1CC2(I)C3[C@H](C)CC=C(CCCCNSC4=CC=CCC4)[C@@]3(C)CC[C@@H]2C2(C)CCCCC12. The van der Waals surface area contributed by atoms with Crippen molar-refractivity contribution in [2.75, 3.05) is 6.54 Å². The van der Waals surface area contributed by atoms with Gasteiger partial charge in [-0.25, -0.2) is 0 Å². The van der Waals surface area contributed by atoms with Crippen LogP contribution in [-0.4, -0.2) is 9.97 Å². The van der Waals surface area contributed by atoms with Crippen molar-refractivity contribution in [2.24, 2.45) is 40.4 Å². The summed E-state index contributed by atoms with van der Waals surface area (Å²) in [5.74, 6) is 4.57. The molecule has 5 rings (SSSR count). The van der Waals surface area contributed by atoms with Gasteiger partial charge in [0.05, 0.1) is 0 Å². The molecule has 0 radical (unpaired) electrons. The second kappa shape index (κ2) is 11.4. The van der Waals surface area contributed by atoms with Crippen LogP contribution in [0.15, 0.2) is 34.8 Å². The number of unbranched alkanes of at least 4 members (excludes halogenated alkanes) is 1. The highest BCUT2D eigenvalue weighted by Gasteiger charge is 2.66. The normalized spacial score (nSPS) is 44.2. The highest BCUT2D eigenvalue weighted by atomic mass is 127. The molecular weight excluding hydrogens is 569 g/mol. The van der Waals surface area contributed by atoms with Crippen molar-refractivity contribution >= 4 is 34.5 Å². The van der Waals surface area contributed by atoms with Crippen LogP contribution in [0.4, 0.5) is 0 Å². The fourth-order valence-corrected chi connectivity index (χ4v) is 13.9. The summed E-state index contributed by atoms with van der Waals surface area (Å²) in [7, 11) is 0. The third-order valence-electron chi connectivity index (χ3n) is 11.7. The molecule has 0 heterocycles. The Morgan fingerprint density at radius 2 is 2.00 bits per heavy atom. The van der Waals surface area contributed by atoms with Gasteiger partial charge in [0.15, 0.2) is 0 Å². The van der Waals surface area contributed by atoms with E-state index in [0.717, 1.165) is 36.1 Å². The van der Waals surface area contributed by atoms with Crippen molar-refractivity contribution in [1.82, 2.24) is 4.72 Å². The number of allylic oxidation sites excluding steroid dienone is 6. The lowest BCUT2D eigenvalue weighted by molar-refractivity contribution is -0.119. The predicted molar refractivity (Wildman–Crippen MR) is 167 cm³/mol. The van der Waals surface area contributed by atoms with Gasteiger partial charge in [0, 0.05) is 14.9 Å². The van der Waals surface area contributed by atoms with Crippen LogP contribution >= 0.6 is 34.5 Å². The molecule has 0 saturated heterocycles. The minimum atomic E-state index is 0.424. The molecule has 4 unspecified atom stereocenters. The van der Waals surface area contributed by atoms with Crippen LogP contribution < -0.4 is 4.72 Å². The third kappa shape index (κ3) is 4.98. The second-order valence-corrected chi connectivity index (χ2v) is 16.7. The van der Waals surface area contributed by atoms with Crippen LogP contribution in [0, 0.1) is 40.4 Å². The number of fused-ring (bicyclic) bond motifs is 5. The Bertz CT molecular complexity index is 877. The topological polar surface area (TPSA) is 12.0 Å². The Morgan fingerprint density at radius 1 is 1.14 bits per heavy atom. The predicted octanol–water partition coefficient (Wildman–Crippen LogP) is 10.4. The molecule has 3 heteroatoms. The molecule has 1 nitrogen and oxygen atoms in total. The van der Waals surface area contributed by atoms with Gasteiger partial charge < -0.3 is 0 Å². The maximum atomic E-state index is 3.64. The van der Waals surface area contributed by atoms with Gasteiger partial charge in [-0.1, -0.05) is 99.4 Å². The summed E-state index contributed by atoms with van der Waals surface area (Å²) in [6.45, 7) is 11.7. The van der Waals surface area contributed by atoms with Crippen LogP contribution in [0.2, 0.25) is 0 Å². The van der Waals surface area contributed by atoms with E-state index in [2.05, 4.69) is 79.3 Å². The van der Waals surface area contributed by atoms with E-state index in [9.17, 15) is 0 Å². The molecule has 1 N–H and O–H groups in total. The van der Waals surface area contributed by atoms with Gasteiger partial charge in [0.25, 0.3) is 0 Å². The first-order chi connectivity index (χ1) is 17.3. The van der Waals surface area contributed by atoms with Crippen LogP contribution in [-0.2, 0) is 0 Å². The molecule has 0 aromatic rings. The number of hydrogen-bond acceptors (Lipinski definition) is 2. The van der Waals surface area contributed by atoms with Gasteiger partial charge in [-0.2, -0.15) is 0 Å². The molecule has 3 fully saturated rings. The summed E-state index contributed by atoms with van der Waals surface area (Å²) in [6.07, 6.45) is 29.0. The Balaban J connectivity index is 1.26. The standard InChI is InChI=1S/C33H52INS/c1-5-25-23-33(34)29(32(4)20-11-9-16-28(25)32)19-21-31(3)26(18-17-24(2)30(31)33)13-10-12-22-35-36-27-14-7-6-8-15-27/h6-7,14,18,24-25,28-30,35H,5,8-13,15-17,19-23H2,1-4H3/t24-,25+,28?,29-,30?,31-,32?,33?/m1/s1. The molecule has 5 aliphatic carbocycles. The maximum Gasteiger partial charge on any atom is 0.0297 e. The number of hydrogen-bond donors (Lipinski definition) is 1. The molecule has 0 aliphatic heterocycles. The molecule has 0 aromatic carbocycles. The van der Waals surface area contributed by atoms with E-state index in [1.807, 2.05) is 17.5 Å². The fourth-order valence-electron chi connectivity index (χ4n) is 10.2. The van der Waals surface area contributed by atoms with Crippen LogP contribution in [0.1, 0.15) is 118 Å². The maximum absolute atomic E-state index is 3.64. The first-order valence-electron chi connectivity index (χ1n) is 15.5. The molecule has 202 valence electrons. The average molecular weight is 622 g/mol. The van der Waals surface area contributed by atoms with E-state index in [1.54, 1.807) is 0 Å². The van der Waals surface area contributed by atoms with E-state index >= 15 is 0 Å². The highest BCUT2D eigenvalue weighted by molar-refractivity contribution is 14.1. The van der Waals surface area contributed by atoms with Crippen molar-refractivity contribution < 1.29 is 0 Å². The zero-order valence-electron chi connectivity index (χ0n) is 23.6. The molecule has 5 aliphatic rings. The zero-order valence-corrected chi connectivity index (χ0v) is 26.6. The van der Waals surface area contributed by atoms with Crippen molar-refractivity contribution in [3.05, 3.63) is 34.8 Å². The lowest BCUT2D eigenvalue weighted by Crippen LogP contribution is -2.65. The summed E-state index contributed by atoms with van der Waals surface area (Å²) >= 11 is 4.97. The molecule has 0 bridgehead atoms. The zero-order chi connectivity index (χ0) is 25.4. The number of halogens is 1. The molecule has 0 aromatic heterocycles. The number of alkyl halides is 1. The monoisotopic (exact) mass is 621 g/mol. The van der Waals surface area contributed by atoms with Crippen LogP contribution in [0.3, 0.4) is 0 Å². The van der Waals surface area contributed by atoms with E-state index in [0.29, 0.717) is 14.3 Å². The summed E-state index contributed by atoms with van der Waals surface area (Å²) in [5, 5.41) is 0. The van der Waals surface area contributed by atoms with E-state index in [1.165, 1.54) is 94.8 Å². The third-order valence-corrected chi connectivity index (χ3v) is 14.5. The van der Waals surface area contributed by atoms with Gasteiger partial charge in [-0.05, 0) is 123 Å². The lowest BCUT2D eigenvalue weighted by Gasteiger charge is -2.69. The molecule has 3 saturated carbocycles. The molecular formula is C33H52INS. The van der Waals surface area contributed by atoms with Crippen molar-refractivity contribution in [3.63, 3.8) is 0 Å². The molecule has 36 heavy (non-hydrogen) atoms. The second-order valence-electron chi connectivity index (χ2n) is 13.6. The first-order valence-corrected chi connectivity index (χ1v) is 17.4. The lowest BCUT2D eigenvalue weighted by atomic mass is 9.40. The molecule has 0 amide bonds. The minimum Gasteiger partial charge on any atom is -0.260 e. The Morgan fingerprint density at radius 3 is 2.78 bits per heavy atom. The Labute approximate surface area is 240 Å². The largest absolute Gasteiger partial charge is 0.260 e. The van der Waals surface area contributed by atoms with Crippen LogP contribution in [0.25, 0.3) is 0 Å². The summed E-state index contributed by atoms with van der Waals surface area (Å²) in [4.78, 5) is 1.49. The molecule has 0 spiro atoms. The number of rotatable bonds is 8. The quantitative estimate of drug-likeness (QED) is 0.0952. The Hall–Kier alpha value is 0.260. The average Bonchev–Trinajstić information content (AvgIpc) is 2.86. The van der Waals surface area contributed by atoms with Gasteiger partial charge in [-0.15, -0.1) is 0 Å². The van der Waals surface area contributed by atoms with E-state index < -0.39 is 0 Å². The van der Waals surface area contributed by atoms with Gasteiger partial charge >= 0.3 is 0 Å². The van der Waals surface area contributed by atoms with Crippen molar-refractivity contribution in [3.8, 4) is 0 Å². The Kier molecular flexibility index (Phi) is 8.81. The van der Waals surface area contributed by atoms with E-state index in [-0.39, 0.29) is 0 Å². The highest BCUT2D eigenvalue weighted by Crippen LogP contribution is 2.72. The van der Waals surface area contributed by atoms with Crippen molar-refractivity contribution in [1.29, 1.82) is 0 Å².